The molecule has 0 aliphatic carbocycles. The molecule has 3 nitrogen and oxygen atoms in total. The Bertz CT molecular complexity index is 868. The first-order chi connectivity index (χ1) is 11.2. The molecule has 0 aliphatic rings. The normalized spacial score (nSPS) is 10.0. The Morgan fingerprint density at radius 3 is 2.35 bits per heavy atom. The summed E-state index contributed by atoms with van der Waals surface area (Å²) in [5.41, 5.74) is 5.00. The molecule has 0 saturated carbocycles. The first-order valence-corrected chi connectivity index (χ1v) is 7.94. The van der Waals surface area contributed by atoms with Crippen LogP contribution in [0.5, 0.6) is 5.75 Å². The smallest absolute Gasteiger partial charge is 0.137 e. The average molecular weight is 367 g/mol. The van der Waals surface area contributed by atoms with Crippen LogP contribution < -0.4 is 4.74 Å². The fourth-order valence-corrected chi connectivity index (χ4v) is 2.54. The van der Waals surface area contributed by atoms with Gasteiger partial charge in [-0.15, -0.1) is 0 Å². The molecule has 0 fully saturated rings. The van der Waals surface area contributed by atoms with Crippen molar-refractivity contribution >= 4 is 15.9 Å². The second kappa shape index (κ2) is 6.72. The van der Waals surface area contributed by atoms with E-state index in [0.29, 0.717) is 5.69 Å². The van der Waals surface area contributed by atoms with E-state index in [0.717, 1.165) is 22.7 Å². The van der Waals surface area contributed by atoms with E-state index in [1.807, 2.05) is 35.0 Å². The number of halogens is 1. The number of ether oxygens (including phenoxy) is 1. The summed E-state index contributed by atoms with van der Waals surface area (Å²) in [7, 11) is 1.66. The SMILES string of the molecule is COc1ccc(-n2nc(C#CBr)cc2-c2ccc(C)cc2)cc1. The number of hydrogen-bond donors (Lipinski definition) is 0. The molecule has 1 aromatic heterocycles. The van der Waals surface area contributed by atoms with Gasteiger partial charge in [-0.2, -0.15) is 5.10 Å². The molecule has 3 rings (SSSR count). The Balaban J connectivity index is 2.13. The van der Waals surface area contributed by atoms with Gasteiger partial charge in [0.05, 0.1) is 18.5 Å². The molecule has 114 valence electrons. The fourth-order valence-electron chi connectivity index (χ4n) is 2.34. The van der Waals surface area contributed by atoms with Gasteiger partial charge in [-0.3, -0.25) is 0 Å². The fraction of sp³-hybridized carbons (Fsp3) is 0.105. The van der Waals surface area contributed by atoms with Crippen molar-refractivity contribution < 1.29 is 4.74 Å². The lowest BCUT2D eigenvalue weighted by Gasteiger charge is -2.08. The van der Waals surface area contributed by atoms with Gasteiger partial charge in [0.2, 0.25) is 0 Å². The zero-order valence-electron chi connectivity index (χ0n) is 12.9. The second-order valence-electron chi connectivity index (χ2n) is 5.11. The maximum absolute atomic E-state index is 5.22. The summed E-state index contributed by atoms with van der Waals surface area (Å²) < 4.78 is 7.12. The van der Waals surface area contributed by atoms with Crippen LogP contribution in [-0.4, -0.2) is 16.9 Å². The molecule has 4 heteroatoms. The van der Waals surface area contributed by atoms with Gasteiger partial charge in [0.25, 0.3) is 0 Å². The molecule has 0 saturated heterocycles. The van der Waals surface area contributed by atoms with Crippen molar-refractivity contribution in [2.24, 2.45) is 0 Å². The number of aromatic nitrogens is 2. The van der Waals surface area contributed by atoms with Crippen LogP contribution in [0, 0.1) is 17.7 Å². The summed E-state index contributed by atoms with van der Waals surface area (Å²) in [4.78, 5) is 2.72. The summed E-state index contributed by atoms with van der Waals surface area (Å²) in [6, 6.07) is 18.2. The Morgan fingerprint density at radius 2 is 1.74 bits per heavy atom. The highest BCUT2D eigenvalue weighted by Gasteiger charge is 2.11. The monoisotopic (exact) mass is 366 g/mol. The number of aryl methyl sites for hydroxylation is 1. The van der Waals surface area contributed by atoms with E-state index in [2.05, 4.69) is 63.0 Å². The maximum Gasteiger partial charge on any atom is 0.137 e. The lowest BCUT2D eigenvalue weighted by molar-refractivity contribution is 0.414. The molecule has 23 heavy (non-hydrogen) atoms. The van der Waals surface area contributed by atoms with E-state index in [4.69, 9.17) is 4.74 Å². The minimum absolute atomic E-state index is 0.716. The lowest BCUT2D eigenvalue weighted by atomic mass is 10.1. The van der Waals surface area contributed by atoms with E-state index >= 15 is 0 Å². The predicted molar refractivity (Wildman–Crippen MR) is 96.1 cm³/mol. The topological polar surface area (TPSA) is 27.1 Å². The largest absolute Gasteiger partial charge is 0.497 e. The van der Waals surface area contributed by atoms with E-state index in [1.54, 1.807) is 7.11 Å². The van der Waals surface area contributed by atoms with Crippen molar-refractivity contribution in [2.45, 2.75) is 6.92 Å². The van der Waals surface area contributed by atoms with Crippen LogP contribution in [0.1, 0.15) is 11.3 Å². The third kappa shape index (κ3) is 3.30. The Kier molecular flexibility index (Phi) is 4.50. The molecule has 3 aromatic rings. The highest BCUT2D eigenvalue weighted by atomic mass is 79.9. The van der Waals surface area contributed by atoms with Crippen molar-refractivity contribution in [1.82, 2.24) is 9.78 Å². The third-order valence-corrected chi connectivity index (χ3v) is 3.75. The van der Waals surface area contributed by atoms with E-state index in [9.17, 15) is 0 Å². The van der Waals surface area contributed by atoms with Crippen molar-refractivity contribution in [3.05, 3.63) is 65.9 Å². The Morgan fingerprint density at radius 1 is 1.04 bits per heavy atom. The summed E-state index contributed by atoms with van der Waals surface area (Å²) >= 11 is 3.13. The van der Waals surface area contributed by atoms with Gasteiger partial charge in [0.15, 0.2) is 0 Å². The van der Waals surface area contributed by atoms with E-state index < -0.39 is 0 Å². The second-order valence-corrected chi connectivity index (χ2v) is 5.51. The van der Waals surface area contributed by atoms with Crippen LogP contribution in [0.2, 0.25) is 0 Å². The van der Waals surface area contributed by atoms with Crippen LogP contribution >= 0.6 is 15.9 Å². The zero-order valence-corrected chi connectivity index (χ0v) is 14.5. The summed E-state index contributed by atoms with van der Waals surface area (Å²) in [5, 5.41) is 4.60. The van der Waals surface area contributed by atoms with Crippen LogP contribution in [-0.2, 0) is 0 Å². The Labute approximate surface area is 144 Å². The molecule has 0 bridgehead atoms. The molecule has 0 radical (unpaired) electrons. The first-order valence-electron chi connectivity index (χ1n) is 7.14. The molecule has 0 atom stereocenters. The van der Waals surface area contributed by atoms with Gasteiger partial charge < -0.3 is 4.74 Å². The average Bonchev–Trinajstić information content (AvgIpc) is 3.00. The van der Waals surface area contributed by atoms with Crippen molar-refractivity contribution in [3.8, 4) is 33.4 Å². The zero-order chi connectivity index (χ0) is 16.2. The molecule has 0 N–H and O–H groups in total. The standard InChI is InChI=1S/C19H15BrN2O/c1-14-3-5-15(6-4-14)19-13-16(11-12-20)21-22(19)17-7-9-18(23-2)10-8-17/h3-10,13H,1-2H3. The van der Waals surface area contributed by atoms with Crippen LogP contribution in [0.15, 0.2) is 54.6 Å². The van der Waals surface area contributed by atoms with E-state index in [1.165, 1.54) is 5.56 Å². The van der Waals surface area contributed by atoms with Crippen molar-refractivity contribution in [3.63, 3.8) is 0 Å². The van der Waals surface area contributed by atoms with Gasteiger partial charge in [-0.1, -0.05) is 29.8 Å². The van der Waals surface area contributed by atoms with Gasteiger partial charge in [0, 0.05) is 27.6 Å². The minimum atomic E-state index is 0.716. The van der Waals surface area contributed by atoms with Gasteiger partial charge >= 0.3 is 0 Å². The summed E-state index contributed by atoms with van der Waals surface area (Å²) in [6.45, 7) is 2.08. The number of benzene rings is 2. The van der Waals surface area contributed by atoms with E-state index in [-0.39, 0.29) is 0 Å². The highest BCUT2D eigenvalue weighted by molar-refractivity contribution is 9.12. The lowest BCUT2D eigenvalue weighted by Crippen LogP contribution is -1.99. The van der Waals surface area contributed by atoms with Crippen molar-refractivity contribution in [2.75, 3.05) is 7.11 Å². The molecule has 1 heterocycles. The quantitative estimate of drug-likeness (QED) is 0.635. The Hall–Kier alpha value is -2.51. The third-order valence-electron chi connectivity index (χ3n) is 3.55. The molecular formula is C19H15BrN2O. The molecule has 0 unspecified atom stereocenters. The summed E-state index contributed by atoms with van der Waals surface area (Å²) in [5.74, 6) is 3.77. The number of rotatable bonds is 3. The van der Waals surface area contributed by atoms with Gasteiger partial charge in [-0.25, -0.2) is 4.68 Å². The summed E-state index contributed by atoms with van der Waals surface area (Å²) in [6.07, 6.45) is 0. The number of nitrogens with zero attached hydrogens (tertiary/aromatic N) is 2. The number of methoxy groups -OCH3 is 1. The molecule has 0 amide bonds. The first kappa shape index (κ1) is 15.4. The van der Waals surface area contributed by atoms with Gasteiger partial charge in [-0.05, 0) is 41.9 Å². The van der Waals surface area contributed by atoms with Gasteiger partial charge in [0.1, 0.15) is 11.4 Å². The van der Waals surface area contributed by atoms with Crippen molar-refractivity contribution in [1.29, 1.82) is 0 Å². The molecular weight excluding hydrogens is 352 g/mol. The predicted octanol–water partition coefficient (Wildman–Crippen LogP) is 4.56. The molecule has 0 spiro atoms. The minimum Gasteiger partial charge on any atom is -0.497 e. The molecule has 0 aliphatic heterocycles. The van der Waals surface area contributed by atoms with Crippen LogP contribution in [0.25, 0.3) is 16.9 Å². The van der Waals surface area contributed by atoms with Crippen LogP contribution in [0.3, 0.4) is 0 Å². The maximum atomic E-state index is 5.22. The van der Waals surface area contributed by atoms with Crippen LogP contribution in [0.4, 0.5) is 0 Å². The number of hydrogen-bond acceptors (Lipinski definition) is 2. The highest BCUT2D eigenvalue weighted by Crippen LogP contribution is 2.25. The molecule has 2 aromatic carbocycles.